The third kappa shape index (κ3) is 4.96. The van der Waals surface area contributed by atoms with E-state index in [1.54, 1.807) is 6.21 Å². The van der Waals surface area contributed by atoms with Crippen LogP contribution in [0.1, 0.15) is 31.2 Å². The third-order valence-electron chi connectivity index (χ3n) is 4.46. The van der Waals surface area contributed by atoms with E-state index in [0.717, 1.165) is 44.7 Å². The molecule has 1 aliphatic carbocycles. The summed E-state index contributed by atoms with van der Waals surface area (Å²) in [7, 11) is 0. The highest BCUT2D eigenvalue weighted by Crippen LogP contribution is 2.17. The number of ether oxygens (including phenoxy) is 1. The fourth-order valence-corrected chi connectivity index (χ4v) is 3.13. The molecule has 2 fully saturated rings. The molecule has 1 aliphatic heterocycles. The van der Waals surface area contributed by atoms with Gasteiger partial charge in [0.2, 0.25) is 0 Å². The molecule has 1 saturated carbocycles. The molecule has 0 unspecified atom stereocenters. The van der Waals surface area contributed by atoms with E-state index in [1.807, 2.05) is 12.1 Å². The third-order valence-corrected chi connectivity index (χ3v) is 4.46. The summed E-state index contributed by atoms with van der Waals surface area (Å²) in [6.07, 6.45) is 6.18. The number of hydrogen-bond donors (Lipinski definition) is 1. The van der Waals surface area contributed by atoms with E-state index < -0.39 is 0 Å². The Labute approximate surface area is 142 Å². The highest BCUT2D eigenvalue weighted by molar-refractivity contribution is 5.80. The van der Waals surface area contributed by atoms with Gasteiger partial charge in [0.25, 0.3) is 5.91 Å². The molecular weight excluding hydrogens is 306 g/mol. The summed E-state index contributed by atoms with van der Waals surface area (Å²) in [6, 6.07) is 8.45. The molecule has 0 spiro atoms. The predicted octanol–water partition coefficient (Wildman–Crippen LogP) is 1.93. The van der Waals surface area contributed by atoms with Gasteiger partial charge in [-0.15, -0.1) is 0 Å². The van der Waals surface area contributed by atoms with Crippen LogP contribution >= 0.6 is 0 Å². The number of carbonyl (C=O) groups is 1. The first-order valence-corrected chi connectivity index (χ1v) is 8.69. The Morgan fingerprint density at radius 2 is 1.96 bits per heavy atom. The second-order valence-corrected chi connectivity index (χ2v) is 6.25. The maximum atomic E-state index is 11.7. The average Bonchev–Trinajstić information content (AvgIpc) is 3.13. The van der Waals surface area contributed by atoms with Crippen LogP contribution in [-0.2, 0) is 14.4 Å². The molecule has 6 heteroatoms. The van der Waals surface area contributed by atoms with Gasteiger partial charge < -0.3 is 19.8 Å². The molecule has 3 rings (SSSR count). The molecule has 6 nitrogen and oxygen atoms in total. The Hall–Kier alpha value is -2.08. The minimum Gasteiger partial charge on any atom is -0.386 e. The zero-order valence-electron chi connectivity index (χ0n) is 13.9. The van der Waals surface area contributed by atoms with Gasteiger partial charge in [0.15, 0.2) is 6.61 Å². The summed E-state index contributed by atoms with van der Waals surface area (Å²) in [5.74, 6) is -0.0956. The monoisotopic (exact) mass is 331 g/mol. The molecule has 2 aliphatic rings. The van der Waals surface area contributed by atoms with Crippen LogP contribution in [0.3, 0.4) is 0 Å². The molecular formula is C18H25N3O3. The Kier molecular flexibility index (Phi) is 6.07. The molecule has 0 atom stereocenters. The molecule has 1 heterocycles. The summed E-state index contributed by atoms with van der Waals surface area (Å²) in [4.78, 5) is 19.1. The standard InChI is InChI=1S/C18H25N3O3/c22-18(20-16-3-1-2-4-16)14-24-19-13-15-5-7-17(8-6-15)21-9-11-23-12-10-21/h5-8,13,16H,1-4,9-12,14H2,(H,20,22). The Morgan fingerprint density at radius 3 is 2.67 bits per heavy atom. The summed E-state index contributed by atoms with van der Waals surface area (Å²) in [5.41, 5.74) is 2.13. The van der Waals surface area contributed by atoms with Crippen LogP contribution in [-0.4, -0.2) is 51.1 Å². The van der Waals surface area contributed by atoms with Gasteiger partial charge in [0.05, 0.1) is 19.4 Å². The van der Waals surface area contributed by atoms with Crippen molar-refractivity contribution in [3.8, 4) is 0 Å². The van der Waals surface area contributed by atoms with Crippen LogP contribution in [0.2, 0.25) is 0 Å². The van der Waals surface area contributed by atoms with Crippen LogP contribution in [0.4, 0.5) is 5.69 Å². The smallest absolute Gasteiger partial charge is 0.260 e. The lowest BCUT2D eigenvalue weighted by atomic mass is 10.2. The second-order valence-electron chi connectivity index (χ2n) is 6.25. The largest absolute Gasteiger partial charge is 0.386 e. The molecule has 1 amide bonds. The number of oxime groups is 1. The summed E-state index contributed by atoms with van der Waals surface area (Å²) < 4.78 is 5.36. The molecule has 1 aromatic carbocycles. The number of anilines is 1. The van der Waals surface area contributed by atoms with Gasteiger partial charge in [-0.25, -0.2) is 0 Å². The molecule has 1 aromatic rings. The Bertz CT molecular complexity index is 547. The number of amides is 1. The number of rotatable bonds is 6. The van der Waals surface area contributed by atoms with Crippen molar-refractivity contribution >= 4 is 17.8 Å². The summed E-state index contributed by atoms with van der Waals surface area (Å²) in [5, 5.41) is 6.85. The van der Waals surface area contributed by atoms with Crippen molar-refractivity contribution in [2.45, 2.75) is 31.7 Å². The topological polar surface area (TPSA) is 63.2 Å². The van der Waals surface area contributed by atoms with Gasteiger partial charge in [-0.1, -0.05) is 30.1 Å². The van der Waals surface area contributed by atoms with Crippen molar-refractivity contribution in [1.82, 2.24) is 5.32 Å². The zero-order valence-corrected chi connectivity index (χ0v) is 13.9. The molecule has 1 saturated heterocycles. The van der Waals surface area contributed by atoms with Crippen molar-refractivity contribution in [3.05, 3.63) is 29.8 Å². The van der Waals surface area contributed by atoms with Gasteiger partial charge >= 0.3 is 0 Å². The zero-order chi connectivity index (χ0) is 16.6. The number of carbonyl (C=O) groups excluding carboxylic acids is 1. The quantitative estimate of drug-likeness (QED) is 0.639. The predicted molar refractivity (Wildman–Crippen MR) is 93.4 cm³/mol. The van der Waals surface area contributed by atoms with Gasteiger partial charge in [-0.3, -0.25) is 4.79 Å². The molecule has 0 radical (unpaired) electrons. The Balaban J connectivity index is 1.40. The van der Waals surface area contributed by atoms with Crippen molar-refractivity contribution in [2.75, 3.05) is 37.8 Å². The van der Waals surface area contributed by atoms with Gasteiger partial charge in [0, 0.05) is 24.8 Å². The number of benzene rings is 1. The lowest BCUT2D eigenvalue weighted by Gasteiger charge is -2.28. The minimum absolute atomic E-state index is 0.0289. The van der Waals surface area contributed by atoms with E-state index in [-0.39, 0.29) is 12.5 Å². The first-order chi connectivity index (χ1) is 11.8. The van der Waals surface area contributed by atoms with Crippen LogP contribution in [0, 0.1) is 0 Å². The summed E-state index contributed by atoms with van der Waals surface area (Å²) >= 11 is 0. The van der Waals surface area contributed by atoms with Crippen molar-refractivity contribution < 1.29 is 14.4 Å². The SMILES string of the molecule is O=C(CON=Cc1ccc(N2CCOCC2)cc1)NC1CCCC1. The van der Waals surface area contributed by atoms with Crippen molar-refractivity contribution in [1.29, 1.82) is 0 Å². The number of nitrogens with one attached hydrogen (secondary N) is 1. The van der Waals surface area contributed by atoms with Crippen molar-refractivity contribution in [3.63, 3.8) is 0 Å². The van der Waals surface area contributed by atoms with E-state index in [4.69, 9.17) is 9.57 Å². The van der Waals surface area contributed by atoms with E-state index in [9.17, 15) is 4.79 Å². The first-order valence-electron chi connectivity index (χ1n) is 8.69. The molecule has 130 valence electrons. The maximum absolute atomic E-state index is 11.7. The molecule has 24 heavy (non-hydrogen) atoms. The first kappa shape index (κ1) is 16.8. The highest BCUT2D eigenvalue weighted by atomic mass is 16.6. The van der Waals surface area contributed by atoms with Crippen LogP contribution in [0.15, 0.2) is 29.4 Å². The van der Waals surface area contributed by atoms with E-state index in [1.165, 1.54) is 18.5 Å². The minimum atomic E-state index is -0.0956. The van der Waals surface area contributed by atoms with E-state index >= 15 is 0 Å². The van der Waals surface area contributed by atoms with Crippen LogP contribution < -0.4 is 10.2 Å². The average molecular weight is 331 g/mol. The normalized spacial score (nSPS) is 18.9. The molecule has 0 bridgehead atoms. The van der Waals surface area contributed by atoms with E-state index in [0.29, 0.717) is 6.04 Å². The van der Waals surface area contributed by atoms with E-state index in [2.05, 4.69) is 27.5 Å². The molecule has 0 aromatic heterocycles. The lowest BCUT2D eigenvalue weighted by Crippen LogP contribution is -2.36. The van der Waals surface area contributed by atoms with Gasteiger partial charge in [0.1, 0.15) is 0 Å². The summed E-state index contributed by atoms with van der Waals surface area (Å²) in [6.45, 7) is 3.37. The number of nitrogens with zero attached hydrogens (tertiary/aromatic N) is 2. The van der Waals surface area contributed by atoms with Gasteiger partial charge in [-0.2, -0.15) is 0 Å². The van der Waals surface area contributed by atoms with Crippen molar-refractivity contribution in [2.24, 2.45) is 5.16 Å². The Morgan fingerprint density at radius 1 is 1.25 bits per heavy atom. The fraction of sp³-hybridized carbons (Fsp3) is 0.556. The second kappa shape index (κ2) is 8.68. The van der Waals surface area contributed by atoms with Gasteiger partial charge in [-0.05, 0) is 30.5 Å². The molecule has 1 N–H and O–H groups in total. The van der Waals surface area contributed by atoms with Crippen LogP contribution in [0.25, 0.3) is 0 Å². The highest BCUT2D eigenvalue weighted by Gasteiger charge is 2.17. The fourth-order valence-electron chi connectivity index (χ4n) is 3.13. The van der Waals surface area contributed by atoms with Crippen LogP contribution in [0.5, 0.6) is 0 Å². The number of hydrogen-bond acceptors (Lipinski definition) is 5. The number of morpholine rings is 1. The maximum Gasteiger partial charge on any atom is 0.260 e. The lowest BCUT2D eigenvalue weighted by molar-refractivity contribution is -0.126.